The lowest BCUT2D eigenvalue weighted by Gasteiger charge is -2.41. The molecule has 1 aromatic carbocycles. The third kappa shape index (κ3) is 3.41. The predicted molar refractivity (Wildman–Crippen MR) is 82.2 cm³/mol. The van der Waals surface area contributed by atoms with Gasteiger partial charge in [-0.3, -0.25) is 4.79 Å². The van der Waals surface area contributed by atoms with E-state index >= 15 is 0 Å². The number of rotatable bonds is 5. The van der Waals surface area contributed by atoms with Crippen molar-refractivity contribution in [2.75, 3.05) is 6.54 Å². The van der Waals surface area contributed by atoms with Crippen LogP contribution in [-0.4, -0.2) is 27.5 Å². The van der Waals surface area contributed by atoms with E-state index in [0.717, 1.165) is 12.0 Å². The lowest BCUT2D eigenvalue weighted by molar-refractivity contribution is -0.139. The number of hydrogen-bond acceptors (Lipinski definition) is 4. The van der Waals surface area contributed by atoms with Crippen LogP contribution in [0.1, 0.15) is 56.0 Å². The number of carbonyl (C=O) groups is 1. The van der Waals surface area contributed by atoms with Crippen molar-refractivity contribution in [2.24, 2.45) is 0 Å². The summed E-state index contributed by atoms with van der Waals surface area (Å²) in [5.41, 5.74) is 0.851. The molecule has 5 nitrogen and oxygen atoms in total. The molecule has 0 spiro atoms. The highest BCUT2D eigenvalue weighted by Gasteiger charge is 2.33. The number of aryl methyl sites for hydroxylation is 1. The first-order valence-corrected chi connectivity index (χ1v) is 7.92. The number of likely N-dealkylation sites (tertiary alicyclic amines) is 1. The normalized spacial score (nSPS) is 17.4. The summed E-state index contributed by atoms with van der Waals surface area (Å²) in [4.78, 5) is 14.1. The van der Waals surface area contributed by atoms with Crippen LogP contribution in [0.3, 0.4) is 0 Å². The van der Waals surface area contributed by atoms with Crippen LogP contribution >= 0.6 is 0 Å². The molecule has 0 aliphatic carbocycles. The molecule has 2 aromatic rings. The topological polar surface area (TPSA) is 59.2 Å². The molecule has 0 bridgehead atoms. The van der Waals surface area contributed by atoms with Crippen LogP contribution in [-0.2, 0) is 11.2 Å². The molecule has 0 unspecified atom stereocenters. The van der Waals surface area contributed by atoms with Crippen molar-refractivity contribution in [3.8, 4) is 0 Å². The fraction of sp³-hybridized carbons (Fsp3) is 0.471. The second-order valence-corrected chi connectivity index (χ2v) is 6.14. The summed E-state index contributed by atoms with van der Waals surface area (Å²) in [5, 5.41) is 7.93. The zero-order valence-corrected chi connectivity index (χ0v) is 13.3. The molecule has 1 aromatic heterocycles. The second-order valence-electron chi connectivity index (χ2n) is 6.14. The van der Waals surface area contributed by atoms with Gasteiger partial charge in [-0.2, -0.15) is 0 Å². The van der Waals surface area contributed by atoms with E-state index < -0.39 is 0 Å². The van der Waals surface area contributed by atoms with Gasteiger partial charge in [0.15, 0.2) is 0 Å². The van der Waals surface area contributed by atoms with Gasteiger partial charge in [0.2, 0.25) is 17.7 Å². The van der Waals surface area contributed by atoms with Crippen molar-refractivity contribution in [2.45, 2.75) is 45.1 Å². The van der Waals surface area contributed by atoms with E-state index in [4.69, 9.17) is 4.42 Å². The molecule has 23 heavy (non-hydrogen) atoms. The molecule has 2 heterocycles. The van der Waals surface area contributed by atoms with Gasteiger partial charge in [0.05, 0.1) is 6.04 Å². The van der Waals surface area contributed by atoms with E-state index in [1.54, 1.807) is 11.0 Å². The molecule has 1 amide bonds. The summed E-state index contributed by atoms with van der Waals surface area (Å²) in [5.74, 6) is 1.03. The molecule has 1 saturated heterocycles. The Morgan fingerprint density at radius 3 is 2.87 bits per heavy atom. The van der Waals surface area contributed by atoms with Crippen LogP contribution in [0.4, 0.5) is 4.39 Å². The number of aromatic nitrogens is 2. The largest absolute Gasteiger partial charge is 0.425 e. The number of hydrogen-bond donors (Lipinski definition) is 0. The van der Waals surface area contributed by atoms with Gasteiger partial charge in [0.1, 0.15) is 5.82 Å². The molecule has 1 aliphatic heterocycles. The molecule has 0 N–H and O–H groups in total. The molecule has 1 atom stereocenters. The first-order valence-electron chi connectivity index (χ1n) is 7.92. The number of carbonyl (C=O) groups excluding carboxylic acids is 1. The van der Waals surface area contributed by atoms with E-state index in [0.29, 0.717) is 31.2 Å². The Hall–Kier alpha value is -2.24. The van der Waals surface area contributed by atoms with Gasteiger partial charge in [0, 0.05) is 25.3 Å². The summed E-state index contributed by atoms with van der Waals surface area (Å²) in [6.07, 6.45) is 1.63. The second kappa shape index (κ2) is 6.48. The summed E-state index contributed by atoms with van der Waals surface area (Å²) < 4.78 is 18.8. The average molecular weight is 317 g/mol. The molecular weight excluding hydrogens is 297 g/mol. The van der Waals surface area contributed by atoms with E-state index in [2.05, 4.69) is 10.2 Å². The van der Waals surface area contributed by atoms with Gasteiger partial charge in [0.25, 0.3) is 0 Å². The summed E-state index contributed by atoms with van der Waals surface area (Å²) in [6.45, 7) is 4.67. The number of amides is 1. The van der Waals surface area contributed by atoms with Crippen LogP contribution in [0, 0.1) is 5.82 Å². The van der Waals surface area contributed by atoms with E-state index in [1.165, 1.54) is 12.1 Å². The van der Waals surface area contributed by atoms with Crippen molar-refractivity contribution in [3.63, 3.8) is 0 Å². The van der Waals surface area contributed by atoms with Crippen molar-refractivity contribution >= 4 is 5.91 Å². The molecule has 122 valence electrons. The predicted octanol–water partition coefficient (Wildman–Crippen LogP) is 3.24. The minimum Gasteiger partial charge on any atom is -0.425 e. The van der Waals surface area contributed by atoms with E-state index in [9.17, 15) is 9.18 Å². The highest BCUT2D eigenvalue weighted by atomic mass is 19.1. The molecule has 1 aliphatic rings. The Morgan fingerprint density at radius 2 is 2.26 bits per heavy atom. The number of nitrogens with zero attached hydrogens (tertiary/aromatic N) is 3. The number of halogens is 1. The number of benzene rings is 1. The van der Waals surface area contributed by atoms with Crippen LogP contribution < -0.4 is 0 Å². The van der Waals surface area contributed by atoms with Crippen LogP contribution in [0.15, 0.2) is 28.7 Å². The molecule has 6 heteroatoms. The van der Waals surface area contributed by atoms with E-state index in [1.807, 2.05) is 19.9 Å². The minimum absolute atomic E-state index is 0.0212. The Bertz CT molecular complexity index is 699. The summed E-state index contributed by atoms with van der Waals surface area (Å²) in [6, 6.07) is 6.43. The lowest BCUT2D eigenvalue weighted by Crippen LogP contribution is -2.45. The third-order valence-electron chi connectivity index (χ3n) is 4.10. The van der Waals surface area contributed by atoms with Gasteiger partial charge in [-0.15, -0.1) is 10.2 Å². The maximum Gasteiger partial charge on any atom is 0.223 e. The van der Waals surface area contributed by atoms with Gasteiger partial charge < -0.3 is 9.32 Å². The van der Waals surface area contributed by atoms with Crippen LogP contribution in [0.5, 0.6) is 0 Å². The Morgan fingerprint density at radius 1 is 1.43 bits per heavy atom. The highest BCUT2D eigenvalue weighted by molar-refractivity contribution is 5.77. The molecule has 1 fully saturated rings. The molecule has 3 rings (SSSR count). The molecule has 0 radical (unpaired) electrons. The SMILES string of the molecule is CC(C)c1nnc(CCC(=O)N2CC[C@H]2c2cccc(F)c2)o1. The van der Waals surface area contributed by atoms with Crippen molar-refractivity contribution < 1.29 is 13.6 Å². The maximum atomic E-state index is 13.3. The van der Waals surface area contributed by atoms with E-state index in [-0.39, 0.29) is 23.7 Å². The third-order valence-corrected chi connectivity index (χ3v) is 4.10. The standard InChI is InChI=1S/C17H20FN3O2/c1-11(2)17-20-19-15(23-17)6-7-16(22)21-9-8-14(21)12-4-3-5-13(18)10-12/h3-5,10-11,14H,6-9H2,1-2H3/t14-/m0/s1. The fourth-order valence-corrected chi connectivity index (χ4v) is 2.70. The van der Waals surface area contributed by atoms with Gasteiger partial charge in [-0.05, 0) is 24.1 Å². The van der Waals surface area contributed by atoms with Crippen molar-refractivity contribution in [3.05, 3.63) is 47.4 Å². The first kappa shape index (κ1) is 15.6. The zero-order valence-electron chi connectivity index (χ0n) is 13.3. The maximum absolute atomic E-state index is 13.3. The average Bonchev–Trinajstić information content (AvgIpc) is 2.93. The Labute approximate surface area is 134 Å². The molecule has 0 saturated carbocycles. The minimum atomic E-state index is -0.270. The van der Waals surface area contributed by atoms with Gasteiger partial charge in [-0.1, -0.05) is 26.0 Å². The quantitative estimate of drug-likeness (QED) is 0.849. The lowest BCUT2D eigenvalue weighted by atomic mass is 9.94. The van der Waals surface area contributed by atoms with Crippen molar-refractivity contribution in [1.29, 1.82) is 0 Å². The van der Waals surface area contributed by atoms with Crippen molar-refractivity contribution in [1.82, 2.24) is 15.1 Å². The first-order chi connectivity index (χ1) is 11.0. The van der Waals surface area contributed by atoms with Gasteiger partial charge in [-0.25, -0.2) is 4.39 Å². The monoisotopic (exact) mass is 317 g/mol. The highest BCUT2D eigenvalue weighted by Crippen LogP contribution is 2.34. The Kier molecular flexibility index (Phi) is 4.41. The summed E-state index contributed by atoms with van der Waals surface area (Å²) >= 11 is 0. The Balaban J connectivity index is 1.58. The summed E-state index contributed by atoms with van der Waals surface area (Å²) in [7, 11) is 0. The van der Waals surface area contributed by atoms with Gasteiger partial charge >= 0.3 is 0 Å². The van der Waals surface area contributed by atoms with Crippen LogP contribution in [0.25, 0.3) is 0 Å². The van der Waals surface area contributed by atoms with Crippen LogP contribution in [0.2, 0.25) is 0 Å². The molecular formula is C17H20FN3O2. The fourth-order valence-electron chi connectivity index (χ4n) is 2.70. The smallest absolute Gasteiger partial charge is 0.223 e. The zero-order chi connectivity index (χ0) is 16.4.